The van der Waals surface area contributed by atoms with Gasteiger partial charge in [-0.2, -0.15) is 22.0 Å². The van der Waals surface area contributed by atoms with Gasteiger partial charge < -0.3 is 20.5 Å². The van der Waals surface area contributed by atoms with Gasteiger partial charge in [-0.25, -0.2) is 9.37 Å². The molecule has 2 aromatic rings. The van der Waals surface area contributed by atoms with Crippen molar-refractivity contribution in [3.05, 3.63) is 53.1 Å². The van der Waals surface area contributed by atoms with Crippen molar-refractivity contribution in [2.45, 2.75) is 37.6 Å². The van der Waals surface area contributed by atoms with Crippen LogP contribution in [0.15, 0.2) is 24.3 Å². The zero-order valence-electron chi connectivity index (χ0n) is 18.0. The molecular formula is C21H19F6N3O4. The largest absolute Gasteiger partial charge is 0.493 e. The minimum absolute atomic E-state index is 0.235. The summed E-state index contributed by atoms with van der Waals surface area (Å²) in [7, 11) is 0.991. The number of benzene rings is 1. The van der Waals surface area contributed by atoms with Crippen LogP contribution in [-0.2, 0) is 9.53 Å². The number of nitrogens with one attached hydrogen (secondary N) is 1. The van der Waals surface area contributed by atoms with E-state index in [9.17, 15) is 35.9 Å². The number of nitrogens with two attached hydrogens (primary N) is 1. The Balaban J connectivity index is 2.09. The second-order valence-corrected chi connectivity index (χ2v) is 7.86. The molecule has 3 N–H and O–H groups in total. The lowest BCUT2D eigenvalue weighted by Crippen LogP contribution is -2.47. The molecule has 0 unspecified atom stereocenters. The average Bonchev–Trinajstić information content (AvgIpc) is 3.01. The van der Waals surface area contributed by atoms with Gasteiger partial charge in [0.05, 0.1) is 7.11 Å². The topological polar surface area (TPSA) is 104 Å². The quantitative estimate of drug-likeness (QED) is 0.491. The van der Waals surface area contributed by atoms with E-state index < -0.39 is 70.6 Å². The fourth-order valence-electron chi connectivity index (χ4n) is 3.95. The minimum atomic E-state index is -4.95. The monoisotopic (exact) mass is 491 g/mol. The molecule has 1 aliphatic heterocycles. The average molecular weight is 491 g/mol. The highest BCUT2D eigenvalue weighted by molar-refractivity contribution is 5.97. The summed E-state index contributed by atoms with van der Waals surface area (Å²) in [6.07, 6.45) is -6.85. The molecule has 1 aliphatic rings. The molecule has 1 fully saturated rings. The number of ether oxygens (including phenoxy) is 2. The van der Waals surface area contributed by atoms with Crippen molar-refractivity contribution in [3.8, 4) is 5.75 Å². The lowest BCUT2D eigenvalue weighted by molar-refractivity contribution is -0.272. The van der Waals surface area contributed by atoms with E-state index in [4.69, 9.17) is 15.2 Å². The Bertz CT molecular complexity index is 1140. The van der Waals surface area contributed by atoms with Crippen LogP contribution < -0.4 is 15.8 Å². The van der Waals surface area contributed by atoms with Gasteiger partial charge in [-0.15, -0.1) is 0 Å². The molecular weight excluding hydrogens is 472 g/mol. The number of methoxy groups -OCH3 is 1. The second-order valence-electron chi connectivity index (χ2n) is 7.86. The highest BCUT2D eigenvalue weighted by atomic mass is 19.4. The van der Waals surface area contributed by atoms with Gasteiger partial charge in [-0.3, -0.25) is 9.59 Å². The van der Waals surface area contributed by atoms with Crippen LogP contribution in [0.1, 0.15) is 35.8 Å². The molecule has 3 rings (SSSR count). The lowest BCUT2D eigenvalue weighted by Gasteiger charge is -2.32. The molecule has 1 saturated heterocycles. The SMILES string of the molecule is COc1c([C@@H]2[C@@H](C(=O)Nc3cc(F)nc(C(N)=O)c3)O[C@@](C)(C(F)(F)F)[C@@H]2C)ccc(F)c1F. The van der Waals surface area contributed by atoms with Gasteiger partial charge in [0.25, 0.3) is 11.8 Å². The number of alkyl halides is 3. The molecule has 0 bridgehead atoms. The predicted octanol–water partition coefficient (Wildman–Crippen LogP) is 3.68. The normalized spacial score (nSPS) is 24.7. The summed E-state index contributed by atoms with van der Waals surface area (Å²) in [4.78, 5) is 27.6. The summed E-state index contributed by atoms with van der Waals surface area (Å²) in [5.74, 6) is -9.85. The molecule has 4 atom stereocenters. The van der Waals surface area contributed by atoms with Crippen molar-refractivity contribution in [1.82, 2.24) is 4.98 Å². The predicted molar refractivity (Wildman–Crippen MR) is 105 cm³/mol. The molecule has 0 aliphatic carbocycles. The van der Waals surface area contributed by atoms with E-state index in [-0.39, 0.29) is 11.3 Å². The third kappa shape index (κ3) is 4.27. The van der Waals surface area contributed by atoms with E-state index in [2.05, 4.69) is 10.3 Å². The van der Waals surface area contributed by atoms with Crippen LogP contribution in [0.2, 0.25) is 0 Å². The van der Waals surface area contributed by atoms with Gasteiger partial charge in [0.1, 0.15) is 11.8 Å². The first-order valence-electron chi connectivity index (χ1n) is 9.76. The Kier molecular flexibility index (Phi) is 6.53. The van der Waals surface area contributed by atoms with Gasteiger partial charge >= 0.3 is 6.18 Å². The van der Waals surface area contributed by atoms with E-state index in [0.29, 0.717) is 12.1 Å². The Labute approximate surface area is 189 Å². The van der Waals surface area contributed by atoms with Crippen LogP contribution in [0.5, 0.6) is 5.75 Å². The first-order valence-corrected chi connectivity index (χ1v) is 9.76. The number of pyridine rings is 1. The summed E-state index contributed by atoms with van der Waals surface area (Å²) < 4.78 is 93.7. The molecule has 0 saturated carbocycles. The highest BCUT2D eigenvalue weighted by Crippen LogP contribution is 2.55. The number of nitrogens with zero attached hydrogens (tertiary/aromatic N) is 1. The van der Waals surface area contributed by atoms with Gasteiger partial charge in [-0.1, -0.05) is 13.0 Å². The summed E-state index contributed by atoms with van der Waals surface area (Å²) in [5, 5.41) is 2.17. The van der Waals surface area contributed by atoms with Crippen molar-refractivity contribution in [1.29, 1.82) is 0 Å². The number of hydrogen-bond donors (Lipinski definition) is 2. The number of aromatic nitrogens is 1. The number of primary amides is 1. The molecule has 1 aromatic heterocycles. The number of carbonyl (C=O) groups is 2. The van der Waals surface area contributed by atoms with Crippen LogP contribution in [0, 0.1) is 23.5 Å². The molecule has 1 aromatic carbocycles. The Morgan fingerprint density at radius 2 is 1.85 bits per heavy atom. The maximum atomic E-state index is 14.4. The molecule has 184 valence electrons. The number of hydrogen-bond acceptors (Lipinski definition) is 5. The van der Waals surface area contributed by atoms with Crippen molar-refractivity contribution in [2.24, 2.45) is 11.7 Å². The number of amides is 2. The van der Waals surface area contributed by atoms with Crippen molar-refractivity contribution >= 4 is 17.5 Å². The third-order valence-corrected chi connectivity index (χ3v) is 5.88. The Hall–Kier alpha value is -3.35. The fraction of sp³-hybridized carbons (Fsp3) is 0.381. The van der Waals surface area contributed by atoms with Crippen LogP contribution in [-0.4, -0.2) is 41.8 Å². The van der Waals surface area contributed by atoms with Gasteiger partial charge in [0.2, 0.25) is 11.8 Å². The highest BCUT2D eigenvalue weighted by Gasteiger charge is 2.65. The van der Waals surface area contributed by atoms with Crippen LogP contribution in [0.25, 0.3) is 0 Å². The van der Waals surface area contributed by atoms with Crippen LogP contribution in [0.4, 0.5) is 32.0 Å². The van der Waals surface area contributed by atoms with Crippen molar-refractivity contribution in [2.75, 3.05) is 12.4 Å². The van der Waals surface area contributed by atoms with Gasteiger partial charge in [0, 0.05) is 29.2 Å². The van der Waals surface area contributed by atoms with E-state index in [1.807, 2.05) is 0 Å². The fourth-order valence-corrected chi connectivity index (χ4v) is 3.95. The number of carbonyl (C=O) groups excluding carboxylic acids is 2. The van der Waals surface area contributed by atoms with Crippen molar-refractivity contribution < 1.29 is 45.4 Å². The molecule has 2 amide bonds. The molecule has 0 radical (unpaired) electrons. The second kappa shape index (κ2) is 8.78. The van der Waals surface area contributed by atoms with Crippen LogP contribution in [0.3, 0.4) is 0 Å². The zero-order valence-corrected chi connectivity index (χ0v) is 18.0. The Morgan fingerprint density at radius 1 is 1.21 bits per heavy atom. The van der Waals surface area contributed by atoms with E-state index in [1.165, 1.54) is 0 Å². The molecule has 7 nitrogen and oxygen atoms in total. The number of anilines is 1. The molecule has 13 heteroatoms. The smallest absolute Gasteiger partial charge is 0.417 e. The van der Waals surface area contributed by atoms with Gasteiger partial charge in [0.15, 0.2) is 17.2 Å². The first-order chi connectivity index (χ1) is 15.7. The maximum Gasteiger partial charge on any atom is 0.417 e. The molecule has 2 heterocycles. The molecule has 34 heavy (non-hydrogen) atoms. The van der Waals surface area contributed by atoms with E-state index in [1.54, 1.807) is 0 Å². The standard InChI is InChI=1S/C21H19F6N3O4/c1-8-14(10-4-5-11(22)15(24)16(10)33-3)17(34-20(8,2)21(25,26)27)19(32)29-9-6-12(18(28)31)30-13(23)7-9/h4-8,14,17H,1-3H3,(H2,28,31)(H,29,30,32)/t8-,14-,17+,20-/m1/s1. The Morgan fingerprint density at radius 3 is 2.41 bits per heavy atom. The number of halogens is 6. The molecule has 0 spiro atoms. The van der Waals surface area contributed by atoms with E-state index in [0.717, 1.165) is 33.1 Å². The lowest BCUT2D eigenvalue weighted by atomic mass is 9.77. The van der Waals surface area contributed by atoms with Crippen LogP contribution >= 0.6 is 0 Å². The minimum Gasteiger partial charge on any atom is -0.493 e. The third-order valence-electron chi connectivity index (χ3n) is 5.88. The summed E-state index contributed by atoms with van der Waals surface area (Å²) in [6.45, 7) is 1.87. The van der Waals surface area contributed by atoms with Crippen molar-refractivity contribution in [3.63, 3.8) is 0 Å². The first kappa shape index (κ1) is 25.3. The summed E-state index contributed by atoms with van der Waals surface area (Å²) in [5.41, 5.74) is 1.07. The van der Waals surface area contributed by atoms with E-state index >= 15 is 0 Å². The summed E-state index contributed by atoms with van der Waals surface area (Å²) >= 11 is 0. The number of rotatable bonds is 5. The zero-order chi connectivity index (χ0) is 25.6. The summed E-state index contributed by atoms with van der Waals surface area (Å²) in [6, 6.07) is 3.31. The van der Waals surface area contributed by atoms with Gasteiger partial charge in [-0.05, 0) is 19.1 Å². The maximum absolute atomic E-state index is 14.4.